The summed E-state index contributed by atoms with van der Waals surface area (Å²) in [5, 5.41) is 9.26. The maximum Gasteiger partial charge on any atom is 0.282 e. The first-order valence-electron chi connectivity index (χ1n) is 11.3. The minimum absolute atomic E-state index is 0.106. The minimum Gasteiger partial charge on any atom is -0.495 e. The number of nitrogens with zero attached hydrogens (tertiary/aromatic N) is 3. The number of ether oxygens (including phenoxy) is 1. The molecule has 0 atom stereocenters. The number of hydrogen-bond acceptors (Lipinski definition) is 6. The van der Waals surface area contributed by atoms with Crippen molar-refractivity contribution in [3.05, 3.63) is 64.3 Å². The van der Waals surface area contributed by atoms with E-state index in [0.29, 0.717) is 42.3 Å². The number of aliphatic hydroxyl groups excluding tert-OH is 1. The minimum atomic E-state index is -0.333. The van der Waals surface area contributed by atoms with Gasteiger partial charge in [0.05, 0.1) is 25.0 Å². The van der Waals surface area contributed by atoms with E-state index in [-0.39, 0.29) is 18.4 Å². The number of benzene rings is 2. The molecule has 4 rings (SSSR count). The van der Waals surface area contributed by atoms with Crippen LogP contribution in [0.15, 0.2) is 42.1 Å². The summed E-state index contributed by atoms with van der Waals surface area (Å²) in [5.41, 5.74) is 5.22. The van der Waals surface area contributed by atoms with Gasteiger partial charge in [0.25, 0.3) is 11.8 Å². The Bertz CT molecular complexity index is 1120. The number of methoxy groups -OCH3 is 1. The summed E-state index contributed by atoms with van der Waals surface area (Å²) in [6, 6.07) is 11.4. The van der Waals surface area contributed by atoms with Gasteiger partial charge in [-0.2, -0.15) is 0 Å². The lowest BCUT2D eigenvalue weighted by Crippen LogP contribution is -2.48. The molecule has 2 aromatic rings. The molecule has 1 saturated heterocycles. The number of aliphatic hydroxyl groups is 1. The Labute approximate surface area is 194 Å². The lowest BCUT2D eigenvalue weighted by molar-refractivity contribution is -0.120. The summed E-state index contributed by atoms with van der Waals surface area (Å²) in [6.45, 7) is 9.34. The van der Waals surface area contributed by atoms with Gasteiger partial charge in [0.1, 0.15) is 11.4 Å². The second-order valence-electron chi connectivity index (χ2n) is 8.70. The molecular weight excluding hydrogens is 418 g/mol. The molecule has 0 radical (unpaired) electrons. The van der Waals surface area contributed by atoms with E-state index in [9.17, 15) is 14.7 Å². The molecule has 174 valence electrons. The molecule has 0 bridgehead atoms. The molecular formula is C26H31N3O4. The number of imide groups is 1. The van der Waals surface area contributed by atoms with Crippen molar-refractivity contribution in [2.24, 2.45) is 0 Å². The third kappa shape index (κ3) is 4.26. The topological polar surface area (TPSA) is 73.3 Å². The molecule has 2 aliphatic rings. The van der Waals surface area contributed by atoms with Gasteiger partial charge in [-0.25, -0.2) is 4.90 Å². The Morgan fingerprint density at radius 2 is 1.64 bits per heavy atom. The van der Waals surface area contributed by atoms with Crippen LogP contribution < -0.4 is 9.64 Å². The van der Waals surface area contributed by atoms with Crippen LogP contribution in [0.2, 0.25) is 0 Å². The molecule has 2 amide bonds. The Kier molecular flexibility index (Phi) is 6.54. The molecule has 33 heavy (non-hydrogen) atoms. The van der Waals surface area contributed by atoms with Gasteiger partial charge in [-0.3, -0.25) is 14.5 Å². The molecule has 0 spiro atoms. The predicted octanol–water partition coefficient (Wildman–Crippen LogP) is 2.51. The highest BCUT2D eigenvalue weighted by Gasteiger charge is 2.44. The summed E-state index contributed by atoms with van der Waals surface area (Å²) < 4.78 is 5.50. The van der Waals surface area contributed by atoms with E-state index in [0.717, 1.165) is 35.3 Å². The van der Waals surface area contributed by atoms with E-state index in [1.54, 1.807) is 6.07 Å². The summed E-state index contributed by atoms with van der Waals surface area (Å²) in [7, 11) is 1.54. The summed E-state index contributed by atoms with van der Waals surface area (Å²) in [4.78, 5) is 33.1. The Hall–Kier alpha value is -3.16. The fourth-order valence-corrected chi connectivity index (χ4v) is 4.50. The SMILES string of the molecule is COc1ccc(C)cc1N1C(=O)C(c2ccc(C)c(C)c2)=C(N2CCN(CCO)CC2)C1=O. The number of carbonyl (C=O) groups is 2. The summed E-state index contributed by atoms with van der Waals surface area (Å²) in [5.74, 6) is -0.177. The molecule has 0 unspecified atom stereocenters. The predicted molar refractivity (Wildman–Crippen MR) is 128 cm³/mol. The van der Waals surface area contributed by atoms with Gasteiger partial charge >= 0.3 is 0 Å². The molecule has 2 aliphatic heterocycles. The zero-order valence-electron chi connectivity index (χ0n) is 19.7. The quantitative estimate of drug-likeness (QED) is 0.684. The van der Waals surface area contributed by atoms with Gasteiger partial charge in [-0.15, -0.1) is 0 Å². The molecule has 0 aromatic heterocycles. The first kappa shape index (κ1) is 23.0. The highest BCUT2D eigenvalue weighted by Crippen LogP contribution is 2.39. The van der Waals surface area contributed by atoms with Gasteiger partial charge in [-0.1, -0.05) is 24.3 Å². The van der Waals surface area contributed by atoms with Crippen molar-refractivity contribution >= 4 is 23.1 Å². The molecule has 7 nitrogen and oxygen atoms in total. The van der Waals surface area contributed by atoms with Gasteiger partial charge in [0.15, 0.2) is 0 Å². The number of β-amino-alcohol motifs (C(OH)–C–C–N with tert-alkyl or cyclic N) is 1. The largest absolute Gasteiger partial charge is 0.495 e. The second-order valence-corrected chi connectivity index (χ2v) is 8.70. The van der Waals surface area contributed by atoms with E-state index >= 15 is 0 Å². The van der Waals surface area contributed by atoms with Crippen molar-refractivity contribution < 1.29 is 19.4 Å². The Balaban J connectivity index is 1.80. The van der Waals surface area contributed by atoms with E-state index < -0.39 is 0 Å². The normalized spacial score (nSPS) is 17.4. The maximum absolute atomic E-state index is 13.8. The van der Waals surface area contributed by atoms with Crippen LogP contribution in [0.4, 0.5) is 5.69 Å². The molecule has 0 aliphatic carbocycles. The van der Waals surface area contributed by atoms with Gasteiger partial charge in [0, 0.05) is 32.7 Å². The van der Waals surface area contributed by atoms with Crippen LogP contribution in [0.5, 0.6) is 5.75 Å². The molecule has 1 N–H and O–H groups in total. The average molecular weight is 450 g/mol. The molecule has 1 fully saturated rings. The van der Waals surface area contributed by atoms with Crippen molar-refractivity contribution in [2.75, 3.05) is 51.3 Å². The number of hydrogen-bond donors (Lipinski definition) is 1. The lowest BCUT2D eigenvalue weighted by atomic mass is 9.99. The molecule has 2 aromatic carbocycles. The summed E-state index contributed by atoms with van der Waals surface area (Å²) >= 11 is 0. The lowest BCUT2D eigenvalue weighted by Gasteiger charge is -2.36. The van der Waals surface area contributed by atoms with Crippen LogP contribution in [0.1, 0.15) is 22.3 Å². The zero-order chi connectivity index (χ0) is 23.7. The second kappa shape index (κ2) is 9.37. The van der Waals surface area contributed by atoms with E-state index in [2.05, 4.69) is 4.90 Å². The smallest absolute Gasteiger partial charge is 0.282 e. The number of anilines is 1. The zero-order valence-corrected chi connectivity index (χ0v) is 19.7. The van der Waals surface area contributed by atoms with Gasteiger partial charge < -0.3 is 14.7 Å². The van der Waals surface area contributed by atoms with Gasteiger partial charge in [-0.05, 0) is 55.2 Å². The number of rotatable bonds is 6. The third-order valence-electron chi connectivity index (χ3n) is 6.54. The average Bonchev–Trinajstić information content (AvgIpc) is 3.06. The molecule has 7 heteroatoms. The number of aryl methyl sites for hydroxylation is 3. The van der Waals surface area contributed by atoms with Crippen LogP contribution >= 0.6 is 0 Å². The monoisotopic (exact) mass is 449 g/mol. The highest BCUT2D eigenvalue weighted by atomic mass is 16.5. The van der Waals surface area contributed by atoms with E-state index in [1.165, 1.54) is 12.0 Å². The molecule has 0 saturated carbocycles. The third-order valence-corrected chi connectivity index (χ3v) is 6.54. The Morgan fingerprint density at radius 1 is 0.909 bits per heavy atom. The molecule has 2 heterocycles. The highest BCUT2D eigenvalue weighted by molar-refractivity contribution is 6.45. The van der Waals surface area contributed by atoms with E-state index in [1.807, 2.05) is 56.0 Å². The first-order chi connectivity index (χ1) is 15.8. The number of amides is 2. The van der Waals surface area contributed by atoms with Crippen LogP contribution in [0.3, 0.4) is 0 Å². The van der Waals surface area contributed by atoms with Crippen molar-refractivity contribution in [1.29, 1.82) is 0 Å². The van der Waals surface area contributed by atoms with Crippen LogP contribution in [-0.4, -0.2) is 73.2 Å². The number of carbonyl (C=O) groups excluding carboxylic acids is 2. The Morgan fingerprint density at radius 3 is 2.27 bits per heavy atom. The van der Waals surface area contributed by atoms with E-state index in [4.69, 9.17) is 4.74 Å². The van der Waals surface area contributed by atoms with Crippen molar-refractivity contribution in [1.82, 2.24) is 9.80 Å². The fraction of sp³-hybridized carbons (Fsp3) is 0.385. The summed E-state index contributed by atoms with van der Waals surface area (Å²) in [6.07, 6.45) is 0. The van der Waals surface area contributed by atoms with Crippen LogP contribution in [0.25, 0.3) is 5.57 Å². The standard InChI is InChI=1S/C26H31N3O4/c1-17-5-8-22(33-4)21(15-17)29-25(31)23(20-7-6-18(2)19(3)16-20)24(26(29)32)28-11-9-27(10-12-28)13-14-30/h5-8,15-16,30H,9-14H2,1-4H3. The first-order valence-corrected chi connectivity index (χ1v) is 11.3. The van der Waals surface area contributed by atoms with Crippen molar-refractivity contribution in [3.63, 3.8) is 0 Å². The van der Waals surface area contributed by atoms with Gasteiger partial charge in [0.2, 0.25) is 0 Å². The number of piperazine rings is 1. The van der Waals surface area contributed by atoms with Crippen LogP contribution in [-0.2, 0) is 9.59 Å². The van der Waals surface area contributed by atoms with Crippen LogP contribution in [0, 0.1) is 20.8 Å². The fourth-order valence-electron chi connectivity index (χ4n) is 4.50. The maximum atomic E-state index is 13.8. The van der Waals surface area contributed by atoms with Crippen molar-refractivity contribution in [2.45, 2.75) is 20.8 Å². The van der Waals surface area contributed by atoms with Crippen molar-refractivity contribution in [3.8, 4) is 5.75 Å².